The molecule has 1 atom stereocenters. The summed E-state index contributed by atoms with van der Waals surface area (Å²) in [5.74, 6) is 0. The van der Waals surface area contributed by atoms with Gasteiger partial charge in [0.1, 0.15) is 6.04 Å². The zero-order chi connectivity index (χ0) is 12.5. The number of imidazole rings is 1. The third kappa shape index (κ3) is 2.35. The molecule has 0 saturated carbocycles. The fourth-order valence-corrected chi connectivity index (χ4v) is 1.81. The normalized spacial score (nSPS) is 13.8. The fourth-order valence-electron chi connectivity index (χ4n) is 1.81. The molecule has 1 heterocycles. The van der Waals surface area contributed by atoms with Crippen LogP contribution in [0.15, 0.2) is 35.8 Å². The monoisotopic (exact) mass is 231 g/mol. The summed E-state index contributed by atoms with van der Waals surface area (Å²) < 4.78 is 1.99. The van der Waals surface area contributed by atoms with E-state index in [1.54, 1.807) is 6.33 Å². The quantitative estimate of drug-likeness (QED) is 0.761. The molecule has 0 aliphatic carbocycles. The van der Waals surface area contributed by atoms with Crippen LogP contribution in [0.2, 0.25) is 0 Å². The van der Waals surface area contributed by atoms with Crippen molar-refractivity contribution >= 4 is 11.0 Å². The Labute approximate surface area is 101 Å². The molecule has 1 aromatic carbocycles. The molecule has 0 spiro atoms. The van der Waals surface area contributed by atoms with Gasteiger partial charge in [0.05, 0.1) is 23.9 Å². The number of fused-ring (bicyclic) bond motifs is 1. The summed E-state index contributed by atoms with van der Waals surface area (Å²) in [6.07, 6.45) is 1.77. The molecule has 0 amide bonds. The Bertz CT molecular complexity index is 525. The minimum atomic E-state index is -0.250. The van der Waals surface area contributed by atoms with Gasteiger partial charge < -0.3 is 4.57 Å². The number of aromatic nitrogens is 2. The highest BCUT2D eigenvalue weighted by Crippen LogP contribution is 2.24. The Morgan fingerprint density at radius 2 is 2.06 bits per heavy atom. The van der Waals surface area contributed by atoms with E-state index in [4.69, 9.17) is 0 Å². The standard InChI is InChI=1S/C13H17N3O/c1-13(2,3)12(15-17)8-16-9-14-10-6-4-5-7-11(10)16/h4-7,9,12H,8H2,1-3H3. The lowest BCUT2D eigenvalue weighted by Crippen LogP contribution is -2.28. The van der Waals surface area contributed by atoms with E-state index < -0.39 is 0 Å². The van der Waals surface area contributed by atoms with Crippen molar-refractivity contribution in [1.82, 2.24) is 9.55 Å². The summed E-state index contributed by atoms with van der Waals surface area (Å²) in [6, 6.07) is 7.65. The van der Waals surface area contributed by atoms with Crippen LogP contribution >= 0.6 is 0 Å². The predicted octanol–water partition coefficient (Wildman–Crippen LogP) is 3.22. The van der Waals surface area contributed by atoms with Crippen LogP contribution in [0, 0.1) is 10.3 Å². The Morgan fingerprint density at radius 3 is 2.71 bits per heavy atom. The van der Waals surface area contributed by atoms with Crippen molar-refractivity contribution in [2.24, 2.45) is 10.6 Å². The lowest BCUT2D eigenvalue weighted by atomic mass is 9.87. The first-order valence-electron chi connectivity index (χ1n) is 5.74. The topological polar surface area (TPSA) is 47.2 Å². The smallest absolute Gasteiger partial charge is 0.115 e. The molecule has 0 aliphatic rings. The van der Waals surface area contributed by atoms with Gasteiger partial charge in [-0.2, -0.15) is 4.91 Å². The number of rotatable bonds is 3. The molecule has 4 heteroatoms. The van der Waals surface area contributed by atoms with E-state index in [0.29, 0.717) is 6.54 Å². The highest BCUT2D eigenvalue weighted by atomic mass is 16.3. The third-order valence-electron chi connectivity index (χ3n) is 3.02. The van der Waals surface area contributed by atoms with E-state index in [1.165, 1.54) is 0 Å². The van der Waals surface area contributed by atoms with Gasteiger partial charge in [-0.25, -0.2) is 4.98 Å². The number of benzene rings is 1. The summed E-state index contributed by atoms with van der Waals surface area (Å²) >= 11 is 0. The first-order valence-corrected chi connectivity index (χ1v) is 5.74. The van der Waals surface area contributed by atoms with E-state index >= 15 is 0 Å². The second-order valence-corrected chi connectivity index (χ2v) is 5.37. The van der Waals surface area contributed by atoms with Crippen molar-refractivity contribution in [3.8, 4) is 0 Å². The number of para-hydroxylation sites is 2. The largest absolute Gasteiger partial charge is 0.328 e. The molecule has 17 heavy (non-hydrogen) atoms. The maximum atomic E-state index is 10.9. The fraction of sp³-hybridized carbons (Fsp3) is 0.462. The van der Waals surface area contributed by atoms with Crippen molar-refractivity contribution in [3.63, 3.8) is 0 Å². The molecule has 0 radical (unpaired) electrons. The average molecular weight is 231 g/mol. The van der Waals surface area contributed by atoms with E-state index in [9.17, 15) is 4.91 Å². The summed E-state index contributed by atoms with van der Waals surface area (Å²) in [5.41, 5.74) is 1.86. The lowest BCUT2D eigenvalue weighted by molar-refractivity contribution is 0.294. The van der Waals surface area contributed by atoms with E-state index in [-0.39, 0.29) is 11.5 Å². The molecule has 1 unspecified atom stereocenters. The van der Waals surface area contributed by atoms with Gasteiger partial charge in [-0.05, 0) is 17.5 Å². The summed E-state index contributed by atoms with van der Waals surface area (Å²) in [6.45, 7) is 6.65. The van der Waals surface area contributed by atoms with Crippen LogP contribution in [0.4, 0.5) is 0 Å². The molecule has 1 aromatic heterocycles. The van der Waals surface area contributed by atoms with Gasteiger partial charge in [0, 0.05) is 0 Å². The molecular weight excluding hydrogens is 214 g/mol. The highest BCUT2D eigenvalue weighted by molar-refractivity contribution is 5.74. The van der Waals surface area contributed by atoms with Crippen LogP contribution in [0.3, 0.4) is 0 Å². The van der Waals surface area contributed by atoms with Crippen molar-refractivity contribution < 1.29 is 0 Å². The molecule has 2 aromatic rings. The Balaban J connectivity index is 2.32. The number of nitroso groups, excluding NO2 is 1. The SMILES string of the molecule is CC(C)(C)C(Cn1cnc2ccccc21)N=O. The molecule has 4 nitrogen and oxygen atoms in total. The summed E-state index contributed by atoms with van der Waals surface area (Å²) in [7, 11) is 0. The summed E-state index contributed by atoms with van der Waals surface area (Å²) in [4.78, 5) is 15.2. The molecular formula is C13H17N3O. The van der Waals surface area contributed by atoms with Crippen LogP contribution < -0.4 is 0 Å². The van der Waals surface area contributed by atoms with Gasteiger partial charge in [0.15, 0.2) is 0 Å². The van der Waals surface area contributed by atoms with Crippen molar-refractivity contribution in [2.75, 3.05) is 0 Å². The second kappa shape index (κ2) is 4.28. The number of nitrogens with zero attached hydrogens (tertiary/aromatic N) is 3. The van der Waals surface area contributed by atoms with Crippen LogP contribution in [0.25, 0.3) is 11.0 Å². The lowest BCUT2D eigenvalue weighted by Gasteiger charge is -2.24. The van der Waals surface area contributed by atoms with E-state index in [0.717, 1.165) is 11.0 Å². The molecule has 0 N–H and O–H groups in total. The zero-order valence-corrected chi connectivity index (χ0v) is 10.4. The van der Waals surface area contributed by atoms with Gasteiger partial charge in [0.2, 0.25) is 0 Å². The number of hydrogen-bond donors (Lipinski definition) is 0. The summed E-state index contributed by atoms with van der Waals surface area (Å²) in [5, 5.41) is 3.24. The Morgan fingerprint density at radius 1 is 1.35 bits per heavy atom. The van der Waals surface area contributed by atoms with Crippen LogP contribution in [0.5, 0.6) is 0 Å². The van der Waals surface area contributed by atoms with Crippen molar-refractivity contribution in [3.05, 3.63) is 35.5 Å². The minimum absolute atomic E-state index is 0.132. The van der Waals surface area contributed by atoms with Crippen LogP contribution in [0.1, 0.15) is 20.8 Å². The first kappa shape index (κ1) is 11.8. The van der Waals surface area contributed by atoms with Crippen LogP contribution in [-0.4, -0.2) is 15.6 Å². The first-order chi connectivity index (χ1) is 8.02. The zero-order valence-electron chi connectivity index (χ0n) is 10.4. The Kier molecular flexibility index (Phi) is 2.96. The molecule has 0 saturated heterocycles. The van der Waals surface area contributed by atoms with Gasteiger partial charge in [0.25, 0.3) is 0 Å². The van der Waals surface area contributed by atoms with E-state index in [2.05, 4.69) is 10.2 Å². The van der Waals surface area contributed by atoms with Crippen molar-refractivity contribution in [2.45, 2.75) is 33.4 Å². The predicted molar refractivity (Wildman–Crippen MR) is 68.8 cm³/mol. The molecule has 0 bridgehead atoms. The average Bonchev–Trinajstić information content (AvgIpc) is 2.67. The van der Waals surface area contributed by atoms with Gasteiger partial charge >= 0.3 is 0 Å². The third-order valence-corrected chi connectivity index (χ3v) is 3.02. The molecule has 0 aliphatic heterocycles. The van der Waals surface area contributed by atoms with E-state index in [1.807, 2.05) is 49.6 Å². The maximum Gasteiger partial charge on any atom is 0.115 e. The van der Waals surface area contributed by atoms with Gasteiger partial charge in [-0.1, -0.05) is 38.1 Å². The maximum absolute atomic E-state index is 10.9. The highest BCUT2D eigenvalue weighted by Gasteiger charge is 2.26. The van der Waals surface area contributed by atoms with Crippen LogP contribution in [-0.2, 0) is 6.54 Å². The minimum Gasteiger partial charge on any atom is -0.328 e. The van der Waals surface area contributed by atoms with Gasteiger partial charge in [-0.3, -0.25) is 0 Å². The number of hydrogen-bond acceptors (Lipinski definition) is 3. The molecule has 2 rings (SSSR count). The van der Waals surface area contributed by atoms with Gasteiger partial charge in [-0.15, -0.1) is 0 Å². The second-order valence-electron chi connectivity index (χ2n) is 5.37. The Hall–Kier alpha value is -1.71. The molecule has 0 fully saturated rings. The molecule has 90 valence electrons. The van der Waals surface area contributed by atoms with Crippen molar-refractivity contribution in [1.29, 1.82) is 0 Å².